The molecule has 1 aromatic heterocycles. The molecule has 2 aromatic carbocycles. The molecule has 0 spiro atoms. The highest BCUT2D eigenvalue weighted by Gasteiger charge is 2.11. The van der Waals surface area contributed by atoms with Crippen LogP contribution in [0.5, 0.6) is 17.2 Å². The molecule has 0 saturated carbocycles. The molecule has 0 unspecified atom stereocenters. The summed E-state index contributed by atoms with van der Waals surface area (Å²) in [5.74, 6) is 2.75. The van der Waals surface area contributed by atoms with Gasteiger partial charge in [0.2, 0.25) is 5.12 Å². The molecule has 6 heteroatoms. The third-order valence-corrected chi connectivity index (χ3v) is 5.59. The fourth-order valence-electron chi connectivity index (χ4n) is 3.01. The van der Waals surface area contributed by atoms with Crippen LogP contribution < -0.4 is 18.8 Å². The van der Waals surface area contributed by atoms with Gasteiger partial charge < -0.3 is 14.2 Å². The predicted molar refractivity (Wildman–Crippen MR) is 125 cm³/mol. The molecule has 1 heterocycles. The molecule has 3 rings (SSSR count). The van der Waals surface area contributed by atoms with E-state index in [-0.39, 0.29) is 5.12 Å². The molecule has 160 valence electrons. The molecular formula is C25H26NO4S+. The maximum absolute atomic E-state index is 12.2. The molecule has 0 aliphatic rings. The molecule has 0 N–H and O–H groups in total. The van der Waals surface area contributed by atoms with Crippen molar-refractivity contribution in [3.05, 3.63) is 83.7 Å². The quantitative estimate of drug-likeness (QED) is 0.453. The predicted octanol–water partition coefficient (Wildman–Crippen LogP) is 4.74. The summed E-state index contributed by atoms with van der Waals surface area (Å²) in [6, 6.07) is 17.1. The van der Waals surface area contributed by atoms with Gasteiger partial charge in [0.25, 0.3) is 0 Å². The van der Waals surface area contributed by atoms with Gasteiger partial charge in [-0.05, 0) is 11.6 Å². The lowest BCUT2D eigenvalue weighted by molar-refractivity contribution is -0.692. The molecule has 0 aliphatic carbocycles. The van der Waals surface area contributed by atoms with Gasteiger partial charge in [-0.25, -0.2) is 4.57 Å². The molecule has 0 fully saturated rings. The Labute approximate surface area is 187 Å². The Morgan fingerprint density at radius 3 is 2.13 bits per heavy atom. The minimum absolute atomic E-state index is 0.100. The summed E-state index contributed by atoms with van der Waals surface area (Å²) >= 11 is 1.34. The zero-order valence-electron chi connectivity index (χ0n) is 17.9. The molecule has 0 radical (unpaired) electrons. The van der Waals surface area contributed by atoms with Crippen molar-refractivity contribution in [3.8, 4) is 17.2 Å². The van der Waals surface area contributed by atoms with E-state index >= 15 is 0 Å². The van der Waals surface area contributed by atoms with E-state index < -0.39 is 0 Å². The van der Waals surface area contributed by atoms with Gasteiger partial charge in [-0.2, -0.15) is 0 Å². The number of aromatic nitrogens is 1. The first-order chi connectivity index (χ1) is 15.1. The van der Waals surface area contributed by atoms with E-state index in [4.69, 9.17) is 14.2 Å². The lowest BCUT2D eigenvalue weighted by Gasteiger charge is -2.12. The van der Waals surface area contributed by atoms with Crippen molar-refractivity contribution in [2.45, 2.75) is 6.54 Å². The molecule has 0 amide bonds. The number of carbonyl (C=O) groups is 1. The zero-order valence-corrected chi connectivity index (χ0v) is 18.7. The number of ether oxygens (including phenoxy) is 3. The van der Waals surface area contributed by atoms with Crippen molar-refractivity contribution in [2.24, 2.45) is 0 Å². The van der Waals surface area contributed by atoms with E-state index in [2.05, 4.69) is 4.57 Å². The summed E-state index contributed by atoms with van der Waals surface area (Å²) in [6.45, 7) is 0.757. The van der Waals surface area contributed by atoms with Crippen LogP contribution in [0.15, 0.2) is 67.0 Å². The average Bonchev–Trinajstić information content (AvgIpc) is 2.83. The minimum Gasteiger partial charge on any atom is -0.496 e. The van der Waals surface area contributed by atoms with Crippen molar-refractivity contribution in [3.63, 3.8) is 0 Å². The molecule has 0 aliphatic heterocycles. The smallest absolute Gasteiger partial charge is 0.219 e. The van der Waals surface area contributed by atoms with Gasteiger partial charge in [0, 0.05) is 29.8 Å². The number of hydrogen-bond acceptors (Lipinski definition) is 5. The third kappa shape index (κ3) is 6.12. The molecular weight excluding hydrogens is 410 g/mol. The summed E-state index contributed by atoms with van der Waals surface area (Å²) < 4.78 is 18.3. The van der Waals surface area contributed by atoms with Crippen LogP contribution in [0.3, 0.4) is 0 Å². The number of aryl methyl sites for hydroxylation is 1. The SMILES string of the molecule is COc1cc(OC)c(/C=C/c2cc[n+](CCSC(=O)c3ccccc3)cc2)c(OC)c1. The Hall–Kier alpha value is -3.25. The molecule has 5 nitrogen and oxygen atoms in total. The highest BCUT2D eigenvalue weighted by molar-refractivity contribution is 8.14. The van der Waals surface area contributed by atoms with Gasteiger partial charge in [0.15, 0.2) is 18.9 Å². The normalized spacial score (nSPS) is 10.8. The van der Waals surface area contributed by atoms with Crippen LogP contribution >= 0.6 is 11.8 Å². The lowest BCUT2D eigenvalue weighted by Crippen LogP contribution is -2.34. The summed E-state index contributed by atoms with van der Waals surface area (Å²) in [5, 5.41) is 0.100. The van der Waals surface area contributed by atoms with Crippen molar-refractivity contribution < 1.29 is 23.6 Å². The van der Waals surface area contributed by atoms with Gasteiger partial charge >= 0.3 is 0 Å². The van der Waals surface area contributed by atoms with Crippen molar-refractivity contribution in [2.75, 3.05) is 27.1 Å². The minimum atomic E-state index is 0.100. The summed E-state index contributed by atoms with van der Waals surface area (Å²) in [7, 11) is 4.86. The Kier molecular flexibility index (Phi) is 8.12. The average molecular weight is 437 g/mol. The Morgan fingerprint density at radius 1 is 0.903 bits per heavy atom. The summed E-state index contributed by atoms with van der Waals surface area (Å²) in [5.41, 5.74) is 2.63. The number of pyridine rings is 1. The standard InChI is InChI=1S/C25H26NO4S/c1-28-21-17-23(29-2)22(24(18-21)30-3)10-9-19-11-13-26(14-12-19)15-16-31-25(27)20-7-5-4-6-8-20/h4-14,17-18H,15-16H2,1-3H3/q+1/b10-9+. The highest BCUT2D eigenvalue weighted by Crippen LogP contribution is 2.35. The summed E-state index contributed by atoms with van der Waals surface area (Å²) in [6.07, 6.45) is 7.99. The Morgan fingerprint density at radius 2 is 1.55 bits per heavy atom. The van der Waals surface area contributed by atoms with Crippen molar-refractivity contribution in [1.82, 2.24) is 0 Å². The molecule has 0 bridgehead atoms. The second kappa shape index (κ2) is 11.2. The van der Waals surface area contributed by atoms with Gasteiger partial charge in [-0.3, -0.25) is 4.79 Å². The molecule has 3 aromatic rings. The first-order valence-corrected chi connectivity index (χ1v) is 10.8. The fraction of sp³-hybridized carbons (Fsp3) is 0.200. The van der Waals surface area contributed by atoms with Crippen molar-refractivity contribution in [1.29, 1.82) is 0 Å². The van der Waals surface area contributed by atoms with E-state index in [0.717, 1.165) is 23.2 Å². The number of carbonyl (C=O) groups excluding carboxylic acids is 1. The monoisotopic (exact) mass is 436 g/mol. The van der Waals surface area contributed by atoms with E-state index in [1.807, 2.05) is 79.1 Å². The first-order valence-electron chi connectivity index (χ1n) is 9.84. The Bertz CT molecular complexity index is 1010. The van der Waals surface area contributed by atoms with E-state index in [0.29, 0.717) is 23.0 Å². The second-order valence-corrected chi connectivity index (χ2v) is 7.72. The van der Waals surface area contributed by atoms with Crippen LogP contribution in [0.4, 0.5) is 0 Å². The summed E-state index contributed by atoms with van der Waals surface area (Å²) in [4.78, 5) is 12.2. The van der Waals surface area contributed by atoms with Gasteiger partial charge in [-0.15, -0.1) is 0 Å². The number of rotatable bonds is 9. The highest BCUT2D eigenvalue weighted by atomic mass is 32.2. The van der Waals surface area contributed by atoms with E-state index in [1.54, 1.807) is 21.3 Å². The molecule has 0 atom stereocenters. The number of nitrogens with zero attached hydrogens (tertiary/aromatic N) is 1. The van der Waals surface area contributed by atoms with Gasteiger partial charge in [0.05, 0.1) is 32.6 Å². The maximum Gasteiger partial charge on any atom is 0.219 e. The maximum atomic E-state index is 12.2. The number of hydrogen-bond donors (Lipinski definition) is 0. The van der Waals surface area contributed by atoms with Crippen LogP contribution in [0, 0.1) is 0 Å². The van der Waals surface area contributed by atoms with Crippen molar-refractivity contribution >= 4 is 29.0 Å². The van der Waals surface area contributed by atoms with Gasteiger partial charge in [-0.1, -0.05) is 48.2 Å². The molecule has 0 saturated heterocycles. The van der Waals surface area contributed by atoms with Crippen LogP contribution in [0.2, 0.25) is 0 Å². The van der Waals surface area contributed by atoms with Crippen LogP contribution in [-0.2, 0) is 6.54 Å². The van der Waals surface area contributed by atoms with Crippen LogP contribution in [0.1, 0.15) is 21.5 Å². The van der Waals surface area contributed by atoms with E-state index in [1.165, 1.54) is 11.8 Å². The van der Waals surface area contributed by atoms with E-state index in [9.17, 15) is 4.79 Å². The van der Waals surface area contributed by atoms with Crippen LogP contribution in [-0.4, -0.2) is 32.2 Å². The van der Waals surface area contributed by atoms with Gasteiger partial charge in [0.1, 0.15) is 17.2 Å². The largest absolute Gasteiger partial charge is 0.496 e. The third-order valence-electron chi connectivity index (χ3n) is 4.70. The number of thioether (sulfide) groups is 1. The van der Waals surface area contributed by atoms with Crippen LogP contribution in [0.25, 0.3) is 12.2 Å². The fourth-order valence-corrected chi connectivity index (χ4v) is 3.80. The Balaban J connectivity index is 1.62. The topological polar surface area (TPSA) is 48.6 Å². The second-order valence-electron chi connectivity index (χ2n) is 6.65. The lowest BCUT2D eigenvalue weighted by atomic mass is 10.1. The number of methoxy groups -OCH3 is 3. The number of benzene rings is 2. The zero-order chi connectivity index (χ0) is 22.1. The molecule has 31 heavy (non-hydrogen) atoms. The first kappa shape index (κ1) is 22.4.